The summed E-state index contributed by atoms with van der Waals surface area (Å²) in [4.78, 5) is 11.9. The Labute approximate surface area is 142 Å². The largest absolute Gasteiger partial charge is 0.338 e. The number of urea groups is 1. The first-order valence-corrected chi connectivity index (χ1v) is 8.21. The number of benzene rings is 2. The molecule has 0 aliphatic heterocycles. The lowest BCUT2D eigenvalue weighted by Gasteiger charge is -2.08. The van der Waals surface area contributed by atoms with E-state index in [1.165, 1.54) is 23.7 Å². The Balaban J connectivity index is 1.47. The molecule has 0 unspecified atom stereocenters. The number of anilines is 1. The summed E-state index contributed by atoms with van der Waals surface area (Å²) in [5, 5.41) is 11.4. The van der Waals surface area contributed by atoms with Gasteiger partial charge >= 0.3 is 6.03 Å². The number of carbonyl (C=O) groups excluding carboxylic acids is 1. The molecule has 2 N–H and O–H groups in total. The second-order valence-electron chi connectivity index (χ2n) is 5.12. The fourth-order valence-electron chi connectivity index (χ4n) is 2.16. The first-order valence-electron chi connectivity index (χ1n) is 7.37. The van der Waals surface area contributed by atoms with Gasteiger partial charge in [0.1, 0.15) is 11.5 Å². The molecule has 3 rings (SSSR count). The molecule has 24 heavy (non-hydrogen) atoms. The van der Waals surface area contributed by atoms with Crippen LogP contribution in [0.5, 0.6) is 0 Å². The van der Waals surface area contributed by atoms with E-state index in [1.54, 1.807) is 12.1 Å². The predicted octanol–water partition coefficient (Wildman–Crippen LogP) is 3.71. The smallest absolute Gasteiger partial charge is 0.319 e. The third kappa shape index (κ3) is 4.36. The van der Waals surface area contributed by atoms with Crippen LogP contribution in [-0.2, 0) is 6.42 Å². The molecule has 5 nitrogen and oxygen atoms in total. The van der Waals surface area contributed by atoms with Crippen molar-refractivity contribution in [2.75, 3.05) is 11.9 Å². The van der Waals surface area contributed by atoms with Gasteiger partial charge in [0.15, 0.2) is 0 Å². The van der Waals surface area contributed by atoms with Crippen LogP contribution in [0.25, 0.3) is 11.3 Å². The van der Waals surface area contributed by atoms with Gasteiger partial charge in [0.2, 0.25) is 0 Å². The van der Waals surface area contributed by atoms with Gasteiger partial charge in [-0.15, -0.1) is 5.10 Å². The minimum Gasteiger partial charge on any atom is -0.338 e. The zero-order chi connectivity index (χ0) is 16.8. The molecule has 0 spiro atoms. The van der Waals surface area contributed by atoms with Gasteiger partial charge in [0, 0.05) is 23.2 Å². The number of aromatic nitrogens is 2. The Hall–Kier alpha value is -2.80. The highest BCUT2D eigenvalue weighted by Crippen LogP contribution is 2.19. The first-order chi connectivity index (χ1) is 11.7. The van der Waals surface area contributed by atoms with E-state index >= 15 is 0 Å². The summed E-state index contributed by atoms with van der Waals surface area (Å²) in [6.07, 6.45) is 0.642. The van der Waals surface area contributed by atoms with E-state index in [-0.39, 0.29) is 11.8 Å². The zero-order valence-electron chi connectivity index (χ0n) is 12.7. The number of halogens is 1. The molecule has 7 heteroatoms. The van der Waals surface area contributed by atoms with Gasteiger partial charge in [-0.3, -0.25) is 0 Å². The van der Waals surface area contributed by atoms with Gasteiger partial charge in [-0.05, 0) is 47.8 Å². The lowest BCUT2D eigenvalue weighted by molar-refractivity contribution is 0.252. The molecule has 0 aliphatic rings. The molecule has 122 valence electrons. The number of amides is 2. The Morgan fingerprint density at radius 2 is 1.83 bits per heavy atom. The lowest BCUT2D eigenvalue weighted by Crippen LogP contribution is -2.30. The molecule has 1 aromatic heterocycles. The fourth-order valence-corrected chi connectivity index (χ4v) is 2.63. The van der Waals surface area contributed by atoms with Crippen molar-refractivity contribution < 1.29 is 9.18 Å². The monoisotopic (exact) mass is 342 g/mol. The molecular weight excluding hydrogens is 327 g/mol. The molecule has 2 aromatic carbocycles. The van der Waals surface area contributed by atoms with E-state index in [0.29, 0.717) is 18.7 Å². The van der Waals surface area contributed by atoms with E-state index < -0.39 is 0 Å². The van der Waals surface area contributed by atoms with Gasteiger partial charge in [-0.25, -0.2) is 9.18 Å². The number of rotatable bonds is 5. The highest BCUT2D eigenvalue weighted by molar-refractivity contribution is 7.03. The number of hydrogen-bond acceptors (Lipinski definition) is 4. The van der Waals surface area contributed by atoms with Crippen LogP contribution in [0, 0.1) is 5.82 Å². The minimum absolute atomic E-state index is 0.263. The van der Waals surface area contributed by atoms with Gasteiger partial charge in [-0.1, -0.05) is 28.8 Å². The van der Waals surface area contributed by atoms with Crippen LogP contribution in [0.2, 0.25) is 0 Å². The maximum atomic E-state index is 12.8. The molecule has 1 heterocycles. The molecule has 3 aromatic rings. The van der Waals surface area contributed by atoms with Crippen LogP contribution in [0.1, 0.15) is 5.56 Å². The normalized spacial score (nSPS) is 10.4. The zero-order valence-corrected chi connectivity index (χ0v) is 13.5. The van der Waals surface area contributed by atoms with Crippen molar-refractivity contribution in [3.8, 4) is 11.3 Å². The van der Waals surface area contributed by atoms with Crippen molar-refractivity contribution in [2.24, 2.45) is 0 Å². The van der Waals surface area contributed by atoms with E-state index in [1.807, 2.05) is 29.6 Å². The molecule has 0 radical (unpaired) electrons. The molecule has 0 atom stereocenters. The number of hydrogen-bond donors (Lipinski definition) is 2. The van der Waals surface area contributed by atoms with Crippen LogP contribution < -0.4 is 10.6 Å². The Morgan fingerprint density at radius 1 is 1.08 bits per heavy atom. The SMILES string of the molecule is O=C(NCCc1ccc(F)cc1)Nc1ccc(-c2csnn2)cc1. The maximum Gasteiger partial charge on any atom is 0.319 e. The van der Waals surface area contributed by atoms with Crippen molar-refractivity contribution in [1.82, 2.24) is 14.9 Å². The average molecular weight is 342 g/mol. The molecule has 2 amide bonds. The van der Waals surface area contributed by atoms with Gasteiger partial charge in [0.05, 0.1) is 0 Å². The third-order valence-electron chi connectivity index (χ3n) is 3.41. The van der Waals surface area contributed by atoms with E-state index in [9.17, 15) is 9.18 Å². The average Bonchev–Trinajstić information content (AvgIpc) is 3.12. The highest BCUT2D eigenvalue weighted by atomic mass is 32.1. The number of nitrogens with one attached hydrogen (secondary N) is 2. The van der Waals surface area contributed by atoms with E-state index in [2.05, 4.69) is 20.2 Å². The summed E-state index contributed by atoms with van der Waals surface area (Å²) in [6.45, 7) is 0.472. The van der Waals surface area contributed by atoms with Crippen LogP contribution in [0.3, 0.4) is 0 Å². The predicted molar refractivity (Wildman–Crippen MR) is 92.5 cm³/mol. The molecule has 0 saturated carbocycles. The second-order valence-corrected chi connectivity index (χ2v) is 5.73. The topological polar surface area (TPSA) is 66.9 Å². The number of carbonyl (C=O) groups is 1. The van der Waals surface area contributed by atoms with Crippen molar-refractivity contribution >= 4 is 23.3 Å². The van der Waals surface area contributed by atoms with E-state index in [0.717, 1.165) is 16.8 Å². The van der Waals surface area contributed by atoms with Crippen molar-refractivity contribution in [3.05, 3.63) is 65.3 Å². The maximum absolute atomic E-state index is 12.8. The lowest BCUT2D eigenvalue weighted by atomic mass is 10.1. The van der Waals surface area contributed by atoms with Gasteiger partial charge in [-0.2, -0.15) is 0 Å². The summed E-state index contributed by atoms with van der Waals surface area (Å²) in [7, 11) is 0. The highest BCUT2D eigenvalue weighted by Gasteiger charge is 2.04. The molecule has 0 aliphatic carbocycles. The molecular formula is C17H15FN4OS. The van der Waals surface area contributed by atoms with Crippen LogP contribution in [0.4, 0.5) is 14.9 Å². The fraction of sp³-hybridized carbons (Fsp3) is 0.118. The second kappa shape index (κ2) is 7.65. The quantitative estimate of drug-likeness (QED) is 0.743. The Bertz CT molecular complexity index is 788. The van der Waals surface area contributed by atoms with Crippen LogP contribution in [-0.4, -0.2) is 22.2 Å². The summed E-state index contributed by atoms with van der Waals surface area (Å²) >= 11 is 1.30. The van der Waals surface area contributed by atoms with Crippen molar-refractivity contribution in [1.29, 1.82) is 0 Å². The van der Waals surface area contributed by atoms with Crippen molar-refractivity contribution in [2.45, 2.75) is 6.42 Å². The molecule has 0 fully saturated rings. The van der Waals surface area contributed by atoms with Crippen LogP contribution in [0.15, 0.2) is 53.9 Å². The van der Waals surface area contributed by atoms with Crippen molar-refractivity contribution in [3.63, 3.8) is 0 Å². The van der Waals surface area contributed by atoms with E-state index in [4.69, 9.17) is 0 Å². The number of nitrogens with zero attached hydrogens (tertiary/aromatic N) is 2. The first kappa shape index (κ1) is 16.1. The molecule has 0 saturated heterocycles. The summed E-state index contributed by atoms with van der Waals surface area (Å²) in [5.41, 5.74) is 3.43. The van der Waals surface area contributed by atoms with Gasteiger partial charge in [0.25, 0.3) is 0 Å². The minimum atomic E-state index is -0.278. The summed E-state index contributed by atoms with van der Waals surface area (Å²) < 4.78 is 16.6. The summed E-state index contributed by atoms with van der Waals surface area (Å²) in [6, 6.07) is 13.4. The standard InChI is InChI=1S/C17H15FN4OS/c18-14-5-1-12(2-6-14)9-10-19-17(23)20-15-7-3-13(4-8-15)16-11-24-22-21-16/h1-8,11H,9-10H2,(H2,19,20,23). The molecule has 0 bridgehead atoms. The van der Waals surface area contributed by atoms with Gasteiger partial charge < -0.3 is 10.6 Å². The third-order valence-corrected chi connectivity index (χ3v) is 3.92. The summed E-state index contributed by atoms with van der Waals surface area (Å²) in [5.74, 6) is -0.263. The Kier molecular flexibility index (Phi) is 5.12. The Morgan fingerprint density at radius 3 is 2.50 bits per heavy atom. The van der Waals surface area contributed by atoms with Crippen LogP contribution >= 0.6 is 11.5 Å².